The highest BCUT2D eigenvalue weighted by Crippen LogP contribution is 2.27. The van der Waals surface area contributed by atoms with Gasteiger partial charge in [0.15, 0.2) is 0 Å². The summed E-state index contributed by atoms with van der Waals surface area (Å²) in [6, 6.07) is 2.79. The molecule has 4 unspecified atom stereocenters. The van der Waals surface area contributed by atoms with Crippen molar-refractivity contribution in [2.75, 3.05) is 13.1 Å². The third-order valence-corrected chi connectivity index (χ3v) is 3.89. The Labute approximate surface area is 99.6 Å². The maximum absolute atomic E-state index is 8.90. The van der Waals surface area contributed by atoms with Crippen LogP contribution in [0.15, 0.2) is 0 Å². The summed E-state index contributed by atoms with van der Waals surface area (Å²) in [4.78, 5) is 2.49. The quantitative estimate of drug-likeness (QED) is 0.796. The van der Waals surface area contributed by atoms with E-state index in [0.29, 0.717) is 6.04 Å². The lowest BCUT2D eigenvalue weighted by Crippen LogP contribution is -2.48. The first-order chi connectivity index (χ1) is 7.35. The van der Waals surface area contributed by atoms with E-state index in [4.69, 9.17) is 11.0 Å². The van der Waals surface area contributed by atoms with Gasteiger partial charge in [-0.25, -0.2) is 0 Å². The summed E-state index contributed by atoms with van der Waals surface area (Å²) >= 11 is 0. The number of likely N-dealkylation sites (tertiary alicyclic amines) is 1. The van der Waals surface area contributed by atoms with Crippen LogP contribution >= 0.6 is 0 Å². The molecular formula is C13H25N3. The Morgan fingerprint density at radius 1 is 1.44 bits per heavy atom. The van der Waals surface area contributed by atoms with E-state index in [2.05, 4.69) is 31.7 Å². The molecule has 1 aliphatic rings. The maximum atomic E-state index is 8.90. The molecule has 0 aromatic carbocycles. The summed E-state index contributed by atoms with van der Waals surface area (Å²) in [5.74, 6) is 1.51. The fraction of sp³-hybridized carbons (Fsp3) is 0.923. The van der Waals surface area contributed by atoms with Crippen molar-refractivity contribution in [1.29, 1.82) is 5.26 Å². The highest BCUT2D eigenvalue weighted by atomic mass is 15.2. The van der Waals surface area contributed by atoms with Crippen LogP contribution in [0.25, 0.3) is 0 Å². The number of rotatable bonds is 3. The van der Waals surface area contributed by atoms with E-state index >= 15 is 0 Å². The van der Waals surface area contributed by atoms with E-state index in [1.165, 1.54) is 6.42 Å². The number of nitrogens with zero attached hydrogens (tertiary/aromatic N) is 2. The van der Waals surface area contributed by atoms with Crippen LogP contribution in [0.2, 0.25) is 0 Å². The standard InChI is InChI=1S/C13H25N3/c1-10-7-11(2)12(3)16(8-10)6-5-13(4,15)9-14/h10-12H,5-8,15H2,1-4H3. The Kier molecular flexibility index (Phi) is 4.35. The summed E-state index contributed by atoms with van der Waals surface area (Å²) in [6.45, 7) is 10.8. The van der Waals surface area contributed by atoms with Crippen LogP contribution in [0.3, 0.4) is 0 Å². The molecule has 0 saturated carbocycles. The van der Waals surface area contributed by atoms with Gasteiger partial charge in [0.25, 0.3) is 0 Å². The number of hydrogen-bond acceptors (Lipinski definition) is 3. The molecular weight excluding hydrogens is 198 g/mol. The molecule has 92 valence electrons. The van der Waals surface area contributed by atoms with Crippen LogP contribution in [0.5, 0.6) is 0 Å². The fourth-order valence-corrected chi connectivity index (χ4v) is 2.56. The van der Waals surface area contributed by atoms with Crippen LogP contribution in [-0.2, 0) is 0 Å². The molecule has 3 nitrogen and oxygen atoms in total. The molecule has 3 heteroatoms. The second-order valence-electron chi connectivity index (χ2n) is 5.83. The van der Waals surface area contributed by atoms with Crippen LogP contribution in [0.4, 0.5) is 0 Å². The van der Waals surface area contributed by atoms with Crippen molar-refractivity contribution in [1.82, 2.24) is 4.90 Å². The van der Waals surface area contributed by atoms with Gasteiger partial charge in [0.05, 0.1) is 6.07 Å². The molecule has 16 heavy (non-hydrogen) atoms. The Hall–Kier alpha value is -0.590. The van der Waals surface area contributed by atoms with Gasteiger partial charge in [-0.15, -0.1) is 0 Å². The van der Waals surface area contributed by atoms with Gasteiger partial charge in [-0.3, -0.25) is 0 Å². The van der Waals surface area contributed by atoms with Crippen LogP contribution in [0, 0.1) is 23.2 Å². The first-order valence-corrected chi connectivity index (χ1v) is 6.30. The van der Waals surface area contributed by atoms with E-state index in [0.717, 1.165) is 31.3 Å². The minimum absolute atomic E-state index is 0.616. The second kappa shape index (κ2) is 5.16. The Morgan fingerprint density at radius 3 is 2.62 bits per heavy atom. The predicted molar refractivity (Wildman–Crippen MR) is 66.8 cm³/mol. The number of hydrogen-bond donors (Lipinski definition) is 1. The molecule has 1 saturated heterocycles. The smallest absolute Gasteiger partial charge is 0.102 e. The molecule has 1 heterocycles. The second-order valence-corrected chi connectivity index (χ2v) is 5.83. The van der Waals surface area contributed by atoms with Gasteiger partial charge >= 0.3 is 0 Å². The summed E-state index contributed by atoms with van der Waals surface area (Å²) in [6.07, 6.45) is 2.07. The van der Waals surface area contributed by atoms with Gasteiger partial charge in [0.1, 0.15) is 5.54 Å². The average Bonchev–Trinajstić information content (AvgIpc) is 2.21. The number of nitriles is 1. The number of piperidine rings is 1. The molecule has 2 N–H and O–H groups in total. The molecule has 4 atom stereocenters. The Bertz CT molecular complexity index is 267. The molecule has 1 aliphatic heterocycles. The maximum Gasteiger partial charge on any atom is 0.102 e. The van der Waals surface area contributed by atoms with Crippen molar-refractivity contribution in [3.05, 3.63) is 0 Å². The molecule has 0 spiro atoms. The van der Waals surface area contributed by atoms with Crippen molar-refractivity contribution in [3.63, 3.8) is 0 Å². The first-order valence-electron chi connectivity index (χ1n) is 6.30. The molecule has 0 radical (unpaired) electrons. The zero-order valence-electron chi connectivity index (χ0n) is 11.0. The van der Waals surface area contributed by atoms with Crippen molar-refractivity contribution in [3.8, 4) is 6.07 Å². The van der Waals surface area contributed by atoms with E-state index in [1.54, 1.807) is 0 Å². The van der Waals surface area contributed by atoms with Gasteiger partial charge in [-0.2, -0.15) is 5.26 Å². The monoisotopic (exact) mass is 223 g/mol. The molecule has 1 fully saturated rings. The van der Waals surface area contributed by atoms with E-state index in [-0.39, 0.29) is 0 Å². The molecule has 1 rings (SSSR count). The van der Waals surface area contributed by atoms with Gasteiger partial charge < -0.3 is 10.6 Å². The normalized spacial score (nSPS) is 35.4. The summed E-state index contributed by atoms with van der Waals surface area (Å²) in [7, 11) is 0. The lowest BCUT2D eigenvalue weighted by Gasteiger charge is -2.41. The Balaban J connectivity index is 2.50. The largest absolute Gasteiger partial charge is 0.314 e. The third kappa shape index (κ3) is 3.47. The SMILES string of the molecule is CC1CC(C)C(C)N(CCC(C)(N)C#N)C1. The lowest BCUT2D eigenvalue weighted by molar-refractivity contribution is 0.0753. The van der Waals surface area contributed by atoms with E-state index < -0.39 is 5.54 Å². The predicted octanol–water partition coefficient (Wildman–Crippen LogP) is 1.98. The summed E-state index contributed by atoms with van der Waals surface area (Å²) in [5.41, 5.74) is 5.18. The zero-order valence-corrected chi connectivity index (χ0v) is 11.0. The average molecular weight is 223 g/mol. The topological polar surface area (TPSA) is 53.0 Å². The van der Waals surface area contributed by atoms with Crippen molar-refractivity contribution >= 4 is 0 Å². The summed E-state index contributed by atoms with van der Waals surface area (Å²) < 4.78 is 0. The third-order valence-electron chi connectivity index (χ3n) is 3.89. The van der Waals surface area contributed by atoms with E-state index in [9.17, 15) is 0 Å². The molecule has 0 bridgehead atoms. The van der Waals surface area contributed by atoms with Crippen molar-refractivity contribution in [2.24, 2.45) is 17.6 Å². The molecule has 0 aromatic rings. The van der Waals surface area contributed by atoms with Crippen molar-refractivity contribution < 1.29 is 0 Å². The van der Waals surface area contributed by atoms with Crippen LogP contribution < -0.4 is 5.73 Å². The minimum Gasteiger partial charge on any atom is -0.314 e. The Morgan fingerprint density at radius 2 is 2.06 bits per heavy atom. The lowest BCUT2D eigenvalue weighted by atomic mass is 9.85. The minimum atomic E-state index is -0.677. The molecule has 0 aliphatic carbocycles. The molecule has 0 amide bonds. The van der Waals surface area contributed by atoms with Crippen molar-refractivity contribution in [2.45, 2.75) is 52.1 Å². The van der Waals surface area contributed by atoms with E-state index in [1.807, 2.05) is 6.92 Å². The number of nitrogens with two attached hydrogens (primary N) is 1. The van der Waals surface area contributed by atoms with Gasteiger partial charge in [0, 0.05) is 19.1 Å². The van der Waals surface area contributed by atoms with Gasteiger partial charge in [-0.05, 0) is 38.5 Å². The zero-order chi connectivity index (χ0) is 12.3. The van der Waals surface area contributed by atoms with Gasteiger partial charge in [0.2, 0.25) is 0 Å². The van der Waals surface area contributed by atoms with Crippen LogP contribution in [-0.4, -0.2) is 29.6 Å². The fourth-order valence-electron chi connectivity index (χ4n) is 2.56. The highest BCUT2D eigenvalue weighted by molar-refractivity contribution is 5.01. The van der Waals surface area contributed by atoms with Gasteiger partial charge in [-0.1, -0.05) is 13.8 Å². The van der Waals surface area contributed by atoms with Crippen LogP contribution in [0.1, 0.15) is 40.5 Å². The summed E-state index contributed by atoms with van der Waals surface area (Å²) in [5, 5.41) is 8.90. The highest BCUT2D eigenvalue weighted by Gasteiger charge is 2.29. The molecule has 0 aromatic heterocycles. The first kappa shape index (κ1) is 13.5.